The van der Waals surface area contributed by atoms with Gasteiger partial charge in [-0.05, 0) is 32.8 Å². The van der Waals surface area contributed by atoms with E-state index in [2.05, 4.69) is 19.2 Å². The van der Waals surface area contributed by atoms with Crippen molar-refractivity contribution in [2.24, 2.45) is 0 Å². The van der Waals surface area contributed by atoms with Crippen LogP contribution in [0.2, 0.25) is 0 Å². The van der Waals surface area contributed by atoms with Crippen LogP contribution < -0.4 is 5.32 Å². The molecule has 1 aromatic rings. The second-order valence-corrected chi connectivity index (χ2v) is 9.09. The van der Waals surface area contributed by atoms with E-state index in [0.717, 1.165) is 30.7 Å². The highest BCUT2D eigenvalue weighted by Crippen LogP contribution is 2.31. The number of hydrogen-bond acceptors (Lipinski definition) is 4. The second kappa shape index (κ2) is 6.77. The summed E-state index contributed by atoms with van der Waals surface area (Å²) in [6, 6.07) is 2.41. The Morgan fingerprint density at radius 2 is 1.95 bits per heavy atom. The molecule has 21 heavy (non-hydrogen) atoms. The molecule has 0 amide bonds. The highest BCUT2D eigenvalue weighted by atomic mass is 32.2. The maximum Gasteiger partial charge on any atom is 0.244 e. The molecule has 0 unspecified atom stereocenters. The molecule has 0 aromatic carbocycles. The van der Waals surface area contributed by atoms with Gasteiger partial charge in [-0.3, -0.25) is 0 Å². The third-order valence-corrected chi connectivity index (χ3v) is 7.19. The molecule has 1 aliphatic heterocycles. The van der Waals surface area contributed by atoms with Gasteiger partial charge in [0.2, 0.25) is 10.0 Å². The molecule has 1 aliphatic rings. The molecule has 2 heterocycles. The lowest BCUT2D eigenvalue weighted by Gasteiger charge is -2.37. The third kappa shape index (κ3) is 3.86. The summed E-state index contributed by atoms with van der Waals surface area (Å²) in [6.45, 7) is 8.93. The number of hydrogen-bond donors (Lipinski definition) is 1. The van der Waals surface area contributed by atoms with E-state index in [1.165, 1.54) is 11.3 Å². The molecule has 2 atom stereocenters. The molecule has 0 radical (unpaired) electrons. The first-order valence-electron chi connectivity index (χ1n) is 7.66. The molecule has 0 saturated carbocycles. The zero-order valence-electron chi connectivity index (χ0n) is 13.3. The number of nitrogens with one attached hydrogen (secondary N) is 1. The monoisotopic (exact) mass is 330 g/mol. The summed E-state index contributed by atoms with van der Waals surface area (Å²) in [6.07, 6.45) is 3.02. The van der Waals surface area contributed by atoms with Crippen molar-refractivity contribution < 1.29 is 8.42 Å². The van der Waals surface area contributed by atoms with Crippen molar-refractivity contribution in [2.75, 3.05) is 0 Å². The molecular formula is C15H26N2O2S2. The maximum atomic E-state index is 12.9. The highest BCUT2D eigenvalue weighted by Gasteiger charge is 2.36. The lowest BCUT2D eigenvalue weighted by molar-refractivity contribution is 0.204. The van der Waals surface area contributed by atoms with E-state index >= 15 is 0 Å². The Labute approximate surface area is 132 Å². The molecule has 2 rings (SSSR count). The van der Waals surface area contributed by atoms with Crippen LogP contribution in [0.5, 0.6) is 0 Å². The van der Waals surface area contributed by atoms with Crippen LogP contribution in [0.15, 0.2) is 16.3 Å². The molecular weight excluding hydrogens is 304 g/mol. The molecule has 4 nitrogen and oxygen atoms in total. The van der Waals surface area contributed by atoms with Crippen molar-refractivity contribution in [3.8, 4) is 0 Å². The van der Waals surface area contributed by atoms with E-state index in [4.69, 9.17) is 0 Å². The van der Waals surface area contributed by atoms with Crippen LogP contribution >= 0.6 is 11.3 Å². The molecule has 6 heteroatoms. The average molecular weight is 331 g/mol. The highest BCUT2D eigenvalue weighted by molar-refractivity contribution is 7.89. The fourth-order valence-electron chi connectivity index (χ4n) is 2.89. The van der Waals surface area contributed by atoms with Gasteiger partial charge in [-0.2, -0.15) is 4.31 Å². The van der Waals surface area contributed by atoms with Crippen molar-refractivity contribution in [1.29, 1.82) is 0 Å². The van der Waals surface area contributed by atoms with Crippen molar-refractivity contribution in [3.63, 3.8) is 0 Å². The van der Waals surface area contributed by atoms with E-state index < -0.39 is 10.0 Å². The topological polar surface area (TPSA) is 49.4 Å². The van der Waals surface area contributed by atoms with E-state index in [1.54, 1.807) is 9.69 Å². The van der Waals surface area contributed by atoms with Crippen molar-refractivity contribution in [3.05, 3.63) is 16.3 Å². The average Bonchev–Trinajstić information content (AvgIpc) is 2.85. The zero-order chi connectivity index (χ0) is 15.6. The fraction of sp³-hybridized carbons (Fsp3) is 0.733. The minimum atomic E-state index is -3.36. The van der Waals surface area contributed by atoms with E-state index in [0.29, 0.717) is 10.9 Å². The van der Waals surface area contributed by atoms with E-state index in [1.807, 2.05) is 19.9 Å². The lowest BCUT2D eigenvalue weighted by atomic mass is 10.0. The summed E-state index contributed by atoms with van der Waals surface area (Å²) < 4.78 is 27.4. The van der Waals surface area contributed by atoms with Crippen LogP contribution in [0.3, 0.4) is 0 Å². The summed E-state index contributed by atoms with van der Waals surface area (Å²) in [4.78, 5) is 1.52. The van der Waals surface area contributed by atoms with Gasteiger partial charge in [0.1, 0.15) is 0 Å². The number of nitrogens with zero attached hydrogens (tertiary/aromatic N) is 1. The number of rotatable bonds is 5. The summed E-state index contributed by atoms with van der Waals surface area (Å²) in [5.41, 5.74) is 0. The number of piperidine rings is 1. The van der Waals surface area contributed by atoms with Gasteiger partial charge < -0.3 is 5.32 Å². The first kappa shape index (κ1) is 16.9. The van der Waals surface area contributed by atoms with Crippen LogP contribution in [-0.2, 0) is 16.6 Å². The summed E-state index contributed by atoms with van der Waals surface area (Å²) in [7, 11) is -3.36. The molecule has 0 aliphatic carbocycles. The van der Waals surface area contributed by atoms with Gasteiger partial charge in [-0.15, -0.1) is 11.3 Å². The van der Waals surface area contributed by atoms with Gasteiger partial charge in [-0.1, -0.05) is 20.3 Å². The summed E-state index contributed by atoms with van der Waals surface area (Å²) in [5.74, 6) is 0. The Bertz CT molecular complexity index is 556. The zero-order valence-corrected chi connectivity index (χ0v) is 14.9. The Balaban J connectivity index is 2.19. The SMILES string of the molecule is CC(C)NCc1cc(S(=O)(=O)N2[C@H](C)CCC[C@@H]2C)cs1. The van der Waals surface area contributed by atoms with E-state index in [-0.39, 0.29) is 12.1 Å². The summed E-state index contributed by atoms with van der Waals surface area (Å²) >= 11 is 1.52. The first-order valence-corrected chi connectivity index (χ1v) is 9.98. The molecule has 1 fully saturated rings. The molecule has 1 saturated heterocycles. The van der Waals surface area contributed by atoms with Gasteiger partial charge in [0.05, 0.1) is 4.90 Å². The molecule has 120 valence electrons. The van der Waals surface area contributed by atoms with Crippen molar-refractivity contribution in [2.45, 2.75) is 76.5 Å². The minimum absolute atomic E-state index is 0.0934. The molecule has 1 aromatic heterocycles. The van der Waals surface area contributed by atoms with Crippen LogP contribution in [0.25, 0.3) is 0 Å². The van der Waals surface area contributed by atoms with E-state index in [9.17, 15) is 8.42 Å². The number of thiophene rings is 1. The normalized spacial score (nSPS) is 24.6. The first-order chi connectivity index (χ1) is 9.82. The van der Waals surface area contributed by atoms with Gasteiger partial charge in [0.15, 0.2) is 0 Å². The standard InChI is InChI=1S/C15H26N2O2S2/c1-11(2)16-9-14-8-15(10-20-14)21(18,19)17-12(3)6-5-7-13(17)4/h8,10-13,16H,5-7,9H2,1-4H3/t12-,13+. The van der Waals surface area contributed by atoms with Gasteiger partial charge in [0, 0.05) is 34.9 Å². The fourth-order valence-corrected chi connectivity index (χ4v) is 5.98. The largest absolute Gasteiger partial charge is 0.310 e. The smallest absolute Gasteiger partial charge is 0.244 e. The Morgan fingerprint density at radius 1 is 1.33 bits per heavy atom. The summed E-state index contributed by atoms with van der Waals surface area (Å²) in [5, 5.41) is 5.10. The van der Waals surface area contributed by atoms with Gasteiger partial charge >= 0.3 is 0 Å². The van der Waals surface area contributed by atoms with Crippen molar-refractivity contribution >= 4 is 21.4 Å². The Kier molecular flexibility index (Phi) is 5.46. The second-order valence-electron chi connectivity index (χ2n) is 6.25. The quantitative estimate of drug-likeness (QED) is 0.902. The Hall–Kier alpha value is -0.430. The molecule has 0 bridgehead atoms. The van der Waals surface area contributed by atoms with Crippen LogP contribution in [-0.4, -0.2) is 30.8 Å². The predicted octanol–water partition coefficient (Wildman–Crippen LogP) is 3.20. The lowest BCUT2D eigenvalue weighted by Crippen LogP contribution is -2.47. The minimum Gasteiger partial charge on any atom is -0.310 e. The maximum absolute atomic E-state index is 12.9. The molecule has 1 N–H and O–H groups in total. The number of sulfonamides is 1. The van der Waals surface area contributed by atoms with Gasteiger partial charge in [0.25, 0.3) is 0 Å². The van der Waals surface area contributed by atoms with Crippen LogP contribution in [0, 0.1) is 0 Å². The van der Waals surface area contributed by atoms with Crippen molar-refractivity contribution in [1.82, 2.24) is 9.62 Å². The third-order valence-electron chi connectivity index (χ3n) is 4.00. The van der Waals surface area contributed by atoms with Gasteiger partial charge in [-0.25, -0.2) is 8.42 Å². The van der Waals surface area contributed by atoms with Crippen LogP contribution in [0.1, 0.15) is 51.8 Å². The Morgan fingerprint density at radius 3 is 2.52 bits per heavy atom. The van der Waals surface area contributed by atoms with Crippen LogP contribution in [0.4, 0.5) is 0 Å². The predicted molar refractivity (Wildman–Crippen MR) is 88.1 cm³/mol. The molecule has 0 spiro atoms.